The summed E-state index contributed by atoms with van der Waals surface area (Å²) in [5.41, 5.74) is 0. The Hall–Kier alpha value is 0.448. The fourth-order valence-corrected chi connectivity index (χ4v) is 0. The standard InChI is InChI=1S/3C2H5.CH3FO.CHFO.CFO.I2.HI.H2O.3Rf.2Y.2H/c3*1-2;3*2-1-3;1-2;;;;;;;;;/h3*1H2,2H3;3H,1H2;1H;;;1H;1H2;;;;;;;/q3*-1;;;-1;;;;;;;;;2*-1. The van der Waals surface area contributed by atoms with E-state index >= 15 is 0 Å². The number of rotatable bonds is 0. The molecule has 0 rings (SSSR count). The third-order valence-electron chi connectivity index (χ3n) is 0. The summed E-state index contributed by atoms with van der Waals surface area (Å²) in [6.45, 7) is 13.0. The van der Waals surface area contributed by atoms with Gasteiger partial charge in [0.05, 0.1) is 0 Å². The molecular formula is C9H24F3I3O4Rf3Y2-6. The van der Waals surface area contributed by atoms with Gasteiger partial charge in [-0.05, 0) is 0 Å². The van der Waals surface area contributed by atoms with E-state index in [1.165, 1.54) is 0 Å². The molecule has 0 saturated heterocycles. The van der Waals surface area contributed by atoms with Gasteiger partial charge in [0.1, 0.15) is 0 Å². The molecule has 0 saturated carbocycles. The minimum atomic E-state index is -1.25. The van der Waals surface area contributed by atoms with Crippen molar-refractivity contribution in [3.63, 3.8) is 0 Å². The quantitative estimate of drug-likeness (QED) is 0.169. The van der Waals surface area contributed by atoms with E-state index in [9.17, 15) is 13.2 Å². The Kier molecular flexibility index (Phi) is 5100. The van der Waals surface area contributed by atoms with Crippen molar-refractivity contribution in [2.75, 3.05) is 6.86 Å². The van der Waals surface area contributed by atoms with Gasteiger partial charge in [0.25, 0.3) is 6.54 Å². The van der Waals surface area contributed by atoms with E-state index in [1.807, 2.05) is 0 Å². The molecule has 0 aromatic carbocycles. The first-order valence-corrected chi connectivity index (χ1v) is 9.98. The molecule has 0 unspecified atom stereocenters. The number of aliphatic hydroxyl groups is 1. The van der Waals surface area contributed by atoms with Gasteiger partial charge in [0.2, 0.25) is 0 Å². The summed E-state index contributed by atoms with van der Waals surface area (Å²) in [6.07, 6.45) is 0. The molecule has 4 nitrogen and oxygen atoms in total. The van der Waals surface area contributed by atoms with E-state index in [2.05, 4.69) is 58.0 Å². The SMILES string of the molecule is I.II.O.O=CF.O=[C-]F.OCF.[CH2-]C.[CH2-]C.[CH2-]C.[H-].[H-].[Rf].[Rf].[Rf].[Y].[Y]. The van der Waals surface area contributed by atoms with Crippen LogP contribution in [0.15, 0.2) is 0 Å². The molecule has 0 atom stereocenters. The molecule has 24 heavy (non-hydrogen) atoms. The van der Waals surface area contributed by atoms with E-state index in [0.29, 0.717) is 0 Å². The molecule has 0 aliphatic rings. The van der Waals surface area contributed by atoms with E-state index in [0.717, 1.165) is 0 Å². The Morgan fingerprint density at radius 2 is 1.04 bits per heavy atom. The van der Waals surface area contributed by atoms with Crippen molar-refractivity contribution in [2.45, 2.75) is 20.8 Å². The van der Waals surface area contributed by atoms with E-state index in [-0.39, 0.29) is 104 Å². The average molecular weight is 1610 g/mol. The fourth-order valence-electron chi connectivity index (χ4n) is 0. The molecule has 0 bridgehead atoms. The summed E-state index contributed by atoms with van der Waals surface area (Å²) in [6, 6.07) is 0. The van der Waals surface area contributed by atoms with Gasteiger partial charge in [-0.2, -0.15) is 25.2 Å². The largest absolute Gasteiger partial charge is 1.00 e. The normalized spacial score (nSPS) is 2.83. The van der Waals surface area contributed by atoms with Crippen LogP contribution >= 0.6 is 61.2 Å². The van der Waals surface area contributed by atoms with E-state index < -0.39 is 13.4 Å². The Labute approximate surface area is 220 Å². The van der Waals surface area contributed by atoms with Crippen LogP contribution in [0.4, 0.5) is 13.2 Å². The maximum absolute atomic E-state index is 9.85. The summed E-state index contributed by atoms with van der Waals surface area (Å²) in [5.74, 6) is 0. The van der Waals surface area contributed by atoms with Crippen LogP contribution in [0.2, 0.25) is 0 Å². The molecule has 0 aliphatic carbocycles. The zero-order valence-corrected chi connectivity index (χ0v) is 45.8. The molecular weight excluding hydrogens is 1590 g/mol. The van der Waals surface area contributed by atoms with Gasteiger partial charge in [0, 0.05) is 103 Å². The number of carbonyl (C=O) groups excluding carboxylic acids is 2. The molecule has 2 radical (unpaired) electrons. The van der Waals surface area contributed by atoms with Crippen LogP contribution in [0.25, 0.3) is 0 Å². The van der Waals surface area contributed by atoms with E-state index in [1.54, 1.807) is 20.8 Å². The summed E-state index contributed by atoms with van der Waals surface area (Å²) < 4.78 is 28.9. The molecule has 0 aromatic rings. The Bertz CT molecular complexity index is 96.7. The van der Waals surface area contributed by atoms with Gasteiger partial charge in [-0.3, -0.25) is 4.79 Å². The predicted octanol–water partition coefficient (Wildman–Crippen LogP) is 4.38. The first-order chi connectivity index (χ1) is 8.24. The number of alkyl halides is 1. The van der Waals surface area contributed by atoms with Gasteiger partial charge >= 0.3 is 0 Å². The van der Waals surface area contributed by atoms with Crippen molar-refractivity contribution in [2.24, 2.45) is 0 Å². The zero-order valence-electron chi connectivity index (χ0n) is 16.2. The van der Waals surface area contributed by atoms with Crippen LogP contribution < -0.4 is 0 Å². The first kappa shape index (κ1) is 123. The molecule has 0 fully saturated rings. The number of hydrogen-bond acceptors (Lipinski definition) is 3. The number of carbonyl (C=O) groups is 1. The van der Waals surface area contributed by atoms with Crippen LogP contribution in [0, 0.1) is 20.8 Å². The van der Waals surface area contributed by atoms with E-state index in [4.69, 9.17) is 14.7 Å². The molecule has 0 aliphatic heterocycles. The summed E-state index contributed by atoms with van der Waals surface area (Å²) >= 11 is 4.24. The first-order valence-electron chi connectivity index (χ1n) is 3.69. The Morgan fingerprint density at radius 3 is 1.04 bits per heavy atom. The second-order valence-corrected chi connectivity index (χ2v) is 0.286. The predicted molar refractivity (Wildman–Crippen MR) is 105 cm³/mol. The number of aliphatic hydroxyl groups excluding tert-OH is 1. The van der Waals surface area contributed by atoms with Crippen LogP contribution in [0.5, 0.6) is 0 Å². The molecule has 0 heterocycles. The topological polar surface area (TPSA) is 85.9 Å². The molecule has 0 amide bonds. The molecule has 0 spiro atoms. The van der Waals surface area contributed by atoms with Crippen molar-refractivity contribution in [1.29, 1.82) is 0 Å². The zero-order chi connectivity index (χ0) is 16.1. The Morgan fingerprint density at radius 1 is 1.04 bits per heavy atom. The monoisotopic (exact) mass is 1610 g/mol. The molecule has 144 valence electrons. The van der Waals surface area contributed by atoms with Gasteiger partial charge in [0.15, 0.2) is 6.86 Å². The molecule has 3 N–H and O–H groups in total. The molecule has 15 heteroatoms. The van der Waals surface area contributed by atoms with Crippen molar-refractivity contribution in [1.82, 2.24) is 0 Å². The minimum Gasteiger partial charge on any atom is -1.00 e. The van der Waals surface area contributed by atoms with Crippen LogP contribution in [0.3, 0.4) is 0 Å². The van der Waals surface area contributed by atoms with Crippen molar-refractivity contribution in [3.05, 3.63) is 20.8 Å². The fraction of sp³-hybridized carbons (Fsp3) is 0.444. The minimum absolute atomic E-state index is 0. The second-order valence-electron chi connectivity index (χ2n) is 0.286. The number of hydrogen-bond donors (Lipinski definition) is 1. The van der Waals surface area contributed by atoms with Crippen LogP contribution in [-0.4, -0.2) is 30.5 Å². The maximum Gasteiger partial charge on any atom is 0.289 e. The van der Waals surface area contributed by atoms with Gasteiger partial charge in [-0.15, -0.1) is 24.0 Å². The Balaban J connectivity index is -0.00000000305. The molecule has 0 aromatic heterocycles. The van der Waals surface area contributed by atoms with Crippen molar-refractivity contribution < 1.29 is 102 Å². The maximum atomic E-state index is 9.85. The van der Waals surface area contributed by atoms with Gasteiger partial charge in [-0.1, -0.05) is 6.54 Å². The average Bonchev–Trinajstić information content (AvgIpc) is 2.41. The van der Waals surface area contributed by atoms with Gasteiger partial charge in [-0.25, -0.2) is 4.39 Å². The van der Waals surface area contributed by atoms with Crippen molar-refractivity contribution >= 4 is 74.3 Å². The van der Waals surface area contributed by atoms with Crippen LogP contribution in [0.1, 0.15) is 23.6 Å². The third-order valence-corrected chi connectivity index (χ3v) is 0. The van der Waals surface area contributed by atoms with Gasteiger partial charge < -0.3 is 43.4 Å². The summed E-state index contributed by atoms with van der Waals surface area (Å²) in [5, 5.41) is 6.90. The van der Waals surface area contributed by atoms with Crippen molar-refractivity contribution in [3.8, 4) is 0 Å². The third kappa shape index (κ3) is 51500. The second kappa shape index (κ2) is 994. The van der Waals surface area contributed by atoms with Crippen LogP contribution in [-0.2, 0) is 75.0 Å². The summed E-state index contributed by atoms with van der Waals surface area (Å²) in [7, 11) is 0. The smallest absolute Gasteiger partial charge is 0.289 e. The number of halogens is 6. The summed E-state index contributed by atoms with van der Waals surface area (Å²) in [4.78, 5) is 16.2.